The topological polar surface area (TPSA) is 33.4 Å². The van der Waals surface area contributed by atoms with E-state index in [1.165, 1.54) is 16.7 Å². The normalized spacial score (nSPS) is 17.4. The molecule has 28 heavy (non-hydrogen) atoms. The molecule has 2 aromatic heterocycles. The van der Waals surface area contributed by atoms with Crippen molar-refractivity contribution in [2.45, 2.75) is 18.9 Å². The zero-order valence-electron chi connectivity index (χ0n) is 15.7. The lowest BCUT2D eigenvalue weighted by molar-refractivity contribution is 0.328. The highest BCUT2D eigenvalue weighted by Crippen LogP contribution is 2.36. The van der Waals surface area contributed by atoms with Gasteiger partial charge in [0.25, 0.3) is 0 Å². The highest BCUT2D eigenvalue weighted by Gasteiger charge is 2.23. The number of hydrogen-bond acceptors (Lipinski definition) is 3. The number of fused-ring (bicyclic) bond motifs is 2. The third-order valence-electron chi connectivity index (χ3n) is 5.64. The molecule has 0 amide bonds. The predicted molar refractivity (Wildman–Crippen MR) is 108 cm³/mol. The first-order valence-corrected chi connectivity index (χ1v) is 9.53. The number of imidazole rings is 1. The van der Waals surface area contributed by atoms with Gasteiger partial charge in [-0.1, -0.05) is 24.3 Å². The lowest BCUT2D eigenvalue weighted by atomic mass is 9.86. The third-order valence-corrected chi connectivity index (χ3v) is 5.64. The van der Waals surface area contributed by atoms with Crippen LogP contribution in [0.2, 0.25) is 0 Å². The Kier molecular flexibility index (Phi) is 4.17. The summed E-state index contributed by atoms with van der Waals surface area (Å²) in [6.45, 7) is 1.91. The number of rotatable bonds is 2. The maximum atomic E-state index is 13.4. The first-order chi connectivity index (χ1) is 13.7. The van der Waals surface area contributed by atoms with E-state index in [-0.39, 0.29) is 11.7 Å². The summed E-state index contributed by atoms with van der Waals surface area (Å²) in [4.78, 5) is 11.0. The maximum absolute atomic E-state index is 13.4. The fourth-order valence-electron chi connectivity index (χ4n) is 4.21. The molecule has 5 heteroatoms. The molecule has 0 saturated carbocycles. The Labute approximate surface area is 163 Å². The van der Waals surface area contributed by atoms with E-state index >= 15 is 0 Å². The first-order valence-electron chi connectivity index (χ1n) is 9.53. The van der Waals surface area contributed by atoms with Crippen molar-refractivity contribution in [3.8, 4) is 11.3 Å². The van der Waals surface area contributed by atoms with Gasteiger partial charge in [0.2, 0.25) is 0 Å². The average molecular weight is 372 g/mol. The summed E-state index contributed by atoms with van der Waals surface area (Å²) in [7, 11) is 2.16. The number of hydrogen-bond donors (Lipinski definition) is 0. The molecule has 0 radical (unpaired) electrons. The van der Waals surface area contributed by atoms with Crippen LogP contribution in [0.1, 0.15) is 29.0 Å². The van der Waals surface area contributed by atoms with Crippen LogP contribution in [-0.2, 0) is 6.54 Å². The van der Waals surface area contributed by atoms with Crippen molar-refractivity contribution in [2.75, 3.05) is 13.6 Å². The van der Waals surface area contributed by atoms with Crippen molar-refractivity contribution < 1.29 is 4.39 Å². The molecule has 0 aliphatic carbocycles. The van der Waals surface area contributed by atoms with Crippen molar-refractivity contribution in [3.05, 3.63) is 89.8 Å². The quantitative estimate of drug-likeness (QED) is 0.519. The van der Waals surface area contributed by atoms with Gasteiger partial charge >= 0.3 is 0 Å². The van der Waals surface area contributed by atoms with Crippen LogP contribution in [0.15, 0.2) is 67.3 Å². The number of aromatic nitrogens is 3. The van der Waals surface area contributed by atoms with Gasteiger partial charge < -0.3 is 4.90 Å². The van der Waals surface area contributed by atoms with Gasteiger partial charge in [-0.15, -0.1) is 0 Å². The molecule has 0 N–H and O–H groups in total. The highest BCUT2D eigenvalue weighted by molar-refractivity contribution is 5.65. The van der Waals surface area contributed by atoms with Gasteiger partial charge in [0.15, 0.2) is 5.65 Å². The van der Waals surface area contributed by atoms with Crippen LogP contribution >= 0.6 is 0 Å². The van der Waals surface area contributed by atoms with E-state index in [2.05, 4.69) is 44.5 Å². The van der Waals surface area contributed by atoms with Crippen molar-refractivity contribution in [3.63, 3.8) is 0 Å². The number of benzene rings is 2. The second-order valence-electron chi connectivity index (χ2n) is 7.49. The Hall–Kier alpha value is -3.05. The molecule has 0 bridgehead atoms. The Morgan fingerprint density at radius 2 is 1.93 bits per heavy atom. The Bertz CT molecular complexity index is 1130. The van der Waals surface area contributed by atoms with Gasteiger partial charge in [0, 0.05) is 30.4 Å². The second-order valence-corrected chi connectivity index (χ2v) is 7.49. The summed E-state index contributed by atoms with van der Waals surface area (Å²) in [5, 5.41) is 0. The summed E-state index contributed by atoms with van der Waals surface area (Å²) in [6.07, 6.45) is 8.41. The van der Waals surface area contributed by atoms with Crippen molar-refractivity contribution in [1.82, 2.24) is 19.3 Å². The van der Waals surface area contributed by atoms with E-state index in [0.717, 1.165) is 36.4 Å². The van der Waals surface area contributed by atoms with Crippen LogP contribution in [0.25, 0.3) is 16.9 Å². The summed E-state index contributed by atoms with van der Waals surface area (Å²) in [5.41, 5.74) is 6.86. The van der Waals surface area contributed by atoms with E-state index in [4.69, 9.17) is 0 Å². The van der Waals surface area contributed by atoms with Gasteiger partial charge in [-0.2, -0.15) is 0 Å². The SMILES string of the molecule is CN1CCC(c2ccc(F)cc2)c2ccc(-c3cnc4cnccn34)cc2C1. The Morgan fingerprint density at radius 1 is 1.07 bits per heavy atom. The molecule has 0 saturated heterocycles. The molecule has 1 atom stereocenters. The lowest BCUT2D eigenvalue weighted by Gasteiger charge is -2.18. The molecular formula is C23H21FN4. The largest absolute Gasteiger partial charge is 0.302 e. The molecule has 1 aliphatic heterocycles. The monoisotopic (exact) mass is 372 g/mol. The van der Waals surface area contributed by atoms with Crippen LogP contribution in [0, 0.1) is 5.82 Å². The molecule has 1 aliphatic rings. The van der Waals surface area contributed by atoms with Crippen LogP contribution in [0.3, 0.4) is 0 Å². The van der Waals surface area contributed by atoms with Gasteiger partial charge in [-0.3, -0.25) is 9.38 Å². The number of halogens is 1. The van der Waals surface area contributed by atoms with Crippen molar-refractivity contribution in [2.24, 2.45) is 0 Å². The summed E-state index contributed by atoms with van der Waals surface area (Å²) < 4.78 is 15.5. The summed E-state index contributed by atoms with van der Waals surface area (Å²) >= 11 is 0. The lowest BCUT2D eigenvalue weighted by Crippen LogP contribution is -2.17. The molecular weight excluding hydrogens is 351 g/mol. The molecule has 3 heterocycles. The second kappa shape index (κ2) is 6.84. The summed E-state index contributed by atoms with van der Waals surface area (Å²) in [6, 6.07) is 13.6. The van der Waals surface area contributed by atoms with Gasteiger partial charge in [0.05, 0.1) is 18.1 Å². The molecule has 4 nitrogen and oxygen atoms in total. The average Bonchev–Trinajstić information content (AvgIpc) is 3.07. The van der Waals surface area contributed by atoms with Gasteiger partial charge in [-0.05, 0) is 54.9 Å². The smallest absolute Gasteiger partial charge is 0.155 e. The minimum absolute atomic E-state index is 0.188. The van der Waals surface area contributed by atoms with E-state index in [9.17, 15) is 4.39 Å². The standard InChI is InChI=1S/C23H21FN4/c1-27-10-8-21(16-2-5-19(24)6-3-16)20-7-4-17(12-18(20)15-27)22-13-26-23-14-25-9-11-28(22)23/h2-7,9,11-14,21H,8,10,15H2,1H3. The molecule has 5 rings (SSSR count). The van der Waals surface area contributed by atoms with Crippen LogP contribution in [0.5, 0.6) is 0 Å². The minimum atomic E-state index is -0.188. The maximum Gasteiger partial charge on any atom is 0.155 e. The van der Waals surface area contributed by atoms with E-state index in [1.807, 2.05) is 24.5 Å². The molecule has 140 valence electrons. The Balaban J connectivity index is 1.61. The molecule has 0 fully saturated rings. The zero-order valence-corrected chi connectivity index (χ0v) is 15.7. The van der Waals surface area contributed by atoms with Crippen LogP contribution in [-0.4, -0.2) is 32.9 Å². The van der Waals surface area contributed by atoms with Crippen LogP contribution in [0.4, 0.5) is 4.39 Å². The van der Waals surface area contributed by atoms with E-state index in [1.54, 1.807) is 24.5 Å². The number of nitrogens with zero attached hydrogens (tertiary/aromatic N) is 4. The van der Waals surface area contributed by atoms with Gasteiger partial charge in [-0.25, -0.2) is 9.37 Å². The van der Waals surface area contributed by atoms with Crippen molar-refractivity contribution >= 4 is 5.65 Å². The zero-order chi connectivity index (χ0) is 19.1. The van der Waals surface area contributed by atoms with E-state index < -0.39 is 0 Å². The first kappa shape index (κ1) is 17.1. The summed E-state index contributed by atoms with van der Waals surface area (Å²) in [5.74, 6) is 0.0909. The highest BCUT2D eigenvalue weighted by atomic mass is 19.1. The molecule has 0 spiro atoms. The fourth-order valence-corrected chi connectivity index (χ4v) is 4.21. The predicted octanol–water partition coefficient (Wildman–Crippen LogP) is 4.50. The Morgan fingerprint density at radius 3 is 2.79 bits per heavy atom. The van der Waals surface area contributed by atoms with Crippen molar-refractivity contribution in [1.29, 1.82) is 0 Å². The third kappa shape index (κ3) is 2.98. The fraction of sp³-hybridized carbons (Fsp3) is 0.217. The molecule has 4 aromatic rings. The minimum Gasteiger partial charge on any atom is -0.302 e. The van der Waals surface area contributed by atoms with Crippen LogP contribution < -0.4 is 0 Å². The van der Waals surface area contributed by atoms with Gasteiger partial charge in [0.1, 0.15) is 5.82 Å². The molecule has 2 aromatic carbocycles. The molecule has 1 unspecified atom stereocenters. The van der Waals surface area contributed by atoms with E-state index in [0.29, 0.717) is 0 Å².